The lowest BCUT2D eigenvalue weighted by Gasteiger charge is -2.22. The number of imidazole rings is 1. The van der Waals surface area contributed by atoms with Crippen molar-refractivity contribution in [3.05, 3.63) is 12.4 Å². The number of nitrogens with zero attached hydrogens (tertiary/aromatic N) is 2. The van der Waals surface area contributed by atoms with Crippen LogP contribution >= 0.6 is 0 Å². The predicted molar refractivity (Wildman–Crippen MR) is 69.2 cm³/mol. The Labute approximate surface area is 103 Å². The highest BCUT2D eigenvalue weighted by atomic mass is 16.5. The van der Waals surface area contributed by atoms with E-state index in [2.05, 4.69) is 21.8 Å². The second kappa shape index (κ2) is 6.64. The molecule has 0 bridgehead atoms. The van der Waals surface area contributed by atoms with Gasteiger partial charge in [0.15, 0.2) is 0 Å². The van der Waals surface area contributed by atoms with Crippen LogP contribution in [-0.4, -0.2) is 28.8 Å². The highest BCUT2D eigenvalue weighted by molar-refractivity contribution is 5.25. The van der Waals surface area contributed by atoms with Crippen LogP contribution in [0.5, 0.6) is 0 Å². The zero-order valence-electron chi connectivity index (χ0n) is 10.7. The molecule has 2 rings (SSSR count). The van der Waals surface area contributed by atoms with E-state index < -0.39 is 0 Å². The van der Waals surface area contributed by atoms with Crippen molar-refractivity contribution in [1.82, 2.24) is 9.55 Å². The van der Waals surface area contributed by atoms with Crippen molar-refractivity contribution in [3.63, 3.8) is 0 Å². The Balaban J connectivity index is 1.71. The van der Waals surface area contributed by atoms with Gasteiger partial charge in [0.2, 0.25) is 5.95 Å². The standard InChI is InChI=1S/C13H23N3O/c1-2-14-13-15-8-9-16(13)10-11-17-12-6-4-3-5-7-12/h8-9,12H,2-7,10-11H2,1H3,(H,14,15). The number of hydrogen-bond donors (Lipinski definition) is 1. The largest absolute Gasteiger partial charge is 0.376 e. The molecule has 17 heavy (non-hydrogen) atoms. The molecule has 1 aliphatic carbocycles. The zero-order chi connectivity index (χ0) is 11.9. The Kier molecular flexibility index (Phi) is 4.86. The van der Waals surface area contributed by atoms with Gasteiger partial charge in [-0.2, -0.15) is 0 Å². The van der Waals surface area contributed by atoms with E-state index in [1.807, 2.05) is 12.4 Å². The fourth-order valence-electron chi connectivity index (χ4n) is 2.36. The SMILES string of the molecule is CCNc1nccn1CCOC1CCCCC1. The first kappa shape index (κ1) is 12.4. The number of rotatable bonds is 6. The van der Waals surface area contributed by atoms with Gasteiger partial charge in [0, 0.05) is 25.5 Å². The first-order valence-electron chi connectivity index (χ1n) is 6.76. The summed E-state index contributed by atoms with van der Waals surface area (Å²) in [4.78, 5) is 4.27. The van der Waals surface area contributed by atoms with Crippen LogP contribution in [0, 0.1) is 0 Å². The minimum atomic E-state index is 0.495. The molecule has 0 spiro atoms. The Bertz CT molecular complexity index is 318. The summed E-state index contributed by atoms with van der Waals surface area (Å²) in [5.74, 6) is 0.944. The van der Waals surface area contributed by atoms with Gasteiger partial charge in [0.1, 0.15) is 0 Å². The minimum absolute atomic E-state index is 0.495. The third-order valence-corrected chi connectivity index (χ3v) is 3.29. The average molecular weight is 237 g/mol. The normalized spacial score (nSPS) is 17.2. The first-order valence-corrected chi connectivity index (χ1v) is 6.76. The Morgan fingerprint density at radius 1 is 1.41 bits per heavy atom. The summed E-state index contributed by atoms with van der Waals surface area (Å²) in [6, 6.07) is 0. The van der Waals surface area contributed by atoms with E-state index >= 15 is 0 Å². The maximum atomic E-state index is 5.91. The van der Waals surface area contributed by atoms with Crippen molar-refractivity contribution in [2.45, 2.75) is 51.7 Å². The lowest BCUT2D eigenvalue weighted by molar-refractivity contribution is 0.0243. The Morgan fingerprint density at radius 3 is 3.00 bits per heavy atom. The molecule has 1 heterocycles. The van der Waals surface area contributed by atoms with Crippen LogP contribution < -0.4 is 5.32 Å². The summed E-state index contributed by atoms with van der Waals surface area (Å²) in [7, 11) is 0. The molecule has 0 aliphatic heterocycles. The van der Waals surface area contributed by atoms with E-state index in [1.54, 1.807) is 0 Å². The molecule has 0 radical (unpaired) electrons. The molecular formula is C13H23N3O. The van der Waals surface area contributed by atoms with Crippen LogP contribution in [0.1, 0.15) is 39.0 Å². The summed E-state index contributed by atoms with van der Waals surface area (Å²) in [5.41, 5.74) is 0. The van der Waals surface area contributed by atoms with Gasteiger partial charge >= 0.3 is 0 Å². The quantitative estimate of drug-likeness (QED) is 0.826. The third kappa shape index (κ3) is 3.73. The molecule has 1 saturated carbocycles. The molecule has 0 aromatic carbocycles. The lowest BCUT2D eigenvalue weighted by atomic mass is 9.98. The lowest BCUT2D eigenvalue weighted by Crippen LogP contribution is -2.19. The van der Waals surface area contributed by atoms with Crippen LogP contribution in [0.15, 0.2) is 12.4 Å². The summed E-state index contributed by atoms with van der Waals surface area (Å²) < 4.78 is 8.03. The van der Waals surface area contributed by atoms with Crippen LogP contribution in [-0.2, 0) is 11.3 Å². The molecule has 4 nitrogen and oxygen atoms in total. The second-order valence-electron chi connectivity index (χ2n) is 4.61. The van der Waals surface area contributed by atoms with Crippen molar-refractivity contribution in [3.8, 4) is 0 Å². The van der Waals surface area contributed by atoms with E-state index in [-0.39, 0.29) is 0 Å². The molecule has 0 saturated heterocycles. The fourth-order valence-corrected chi connectivity index (χ4v) is 2.36. The molecule has 4 heteroatoms. The topological polar surface area (TPSA) is 39.1 Å². The van der Waals surface area contributed by atoms with Gasteiger partial charge in [-0.05, 0) is 19.8 Å². The molecule has 1 N–H and O–H groups in total. The molecular weight excluding hydrogens is 214 g/mol. The molecule has 1 fully saturated rings. The third-order valence-electron chi connectivity index (χ3n) is 3.29. The number of aromatic nitrogens is 2. The van der Waals surface area contributed by atoms with Crippen molar-refractivity contribution < 1.29 is 4.74 Å². The van der Waals surface area contributed by atoms with Crippen LogP contribution in [0.3, 0.4) is 0 Å². The Hall–Kier alpha value is -1.03. The average Bonchev–Trinajstić information content (AvgIpc) is 2.79. The predicted octanol–water partition coefficient (Wildman–Crippen LogP) is 2.66. The summed E-state index contributed by atoms with van der Waals surface area (Å²) >= 11 is 0. The maximum Gasteiger partial charge on any atom is 0.202 e. The molecule has 0 atom stereocenters. The van der Waals surface area contributed by atoms with E-state index in [0.717, 1.165) is 25.6 Å². The summed E-state index contributed by atoms with van der Waals surface area (Å²) in [5, 5.41) is 3.24. The van der Waals surface area contributed by atoms with Crippen molar-refractivity contribution in [1.29, 1.82) is 0 Å². The maximum absolute atomic E-state index is 5.91. The van der Waals surface area contributed by atoms with Gasteiger partial charge in [0.05, 0.1) is 12.7 Å². The molecule has 96 valence electrons. The van der Waals surface area contributed by atoms with Crippen molar-refractivity contribution in [2.24, 2.45) is 0 Å². The summed E-state index contributed by atoms with van der Waals surface area (Å²) in [6.07, 6.45) is 10.9. The van der Waals surface area contributed by atoms with E-state index in [9.17, 15) is 0 Å². The number of hydrogen-bond acceptors (Lipinski definition) is 3. The second-order valence-corrected chi connectivity index (χ2v) is 4.61. The summed E-state index contributed by atoms with van der Waals surface area (Å²) in [6.45, 7) is 4.66. The minimum Gasteiger partial charge on any atom is -0.376 e. The zero-order valence-corrected chi connectivity index (χ0v) is 10.7. The van der Waals surface area contributed by atoms with Gasteiger partial charge < -0.3 is 14.6 Å². The highest BCUT2D eigenvalue weighted by Crippen LogP contribution is 2.20. The van der Waals surface area contributed by atoms with Gasteiger partial charge in [-0.3, -0.25) is 0 Å². The molecule has 1 aliphatic rings. The number of nitrogens with one attached hydrogen (secondary N) is 1. The van der Waals surface area contributed by atoms with Gasteiger partial charge in [0.25, 0.3) is 0 Å². The molecule has 1 aromatic heterocycles. The fraction of sp³-hybridized carbons (Fsp3) is 0.769. The van der Waals surface area contributed by atoms with Crippen molar-refractivity contribution in [2.75, 3.05) is 18.5 Å². The van der Waals surface area contributed by atoms with Gasteiger partial charge in [-0.1, -0.05) is 19.3 Å². The Morgan fingerprint density at radius 2 is 2.24 bits per heavy atom. The smallest absolute Gasteiger partial charge is 0.202 e. The van der Waals surface area contributed by atoms with E-state index in [1.165, 1.54) is 32.1 Å². The molecule has 0 unspecified atom stereocenters. The molecule has 1 aromatic rings. The van der Waals surface area contributed by atoms with Crippen LogP contribution in [0.25, 0.3) is 0 Å². The van der Waals surface area contributed by atoms with Crippen LogP contribution in [0.2, 0.25) is 0 Å². The number of anilines is 1. The van der Waals surface area contributed by atoms with E-state index in [4.69, 9.17) is 4.74 Å². The van der Waals surface area contributed by atoms with E-state index in [0.29, 0.717) is 6.10 Å². The van der Waals surface area contributed by atoms with Gasteiger partial charge in [-0.15, -0.1) is 0 Å². The molecule has 0 amide bonds. The van der Waals surface area contributed by atoms with Crippen LogP contribution in [0.4, 0.5) is 5.95 Å². The highest BCUT2D eigenvalue weighted by Gasteiger charge is 2.13. The first-order chi connectivity index (χ1) is 8.40. The van der Waals surface area contributed by atoms with Gasteiger partial charge in [-0.25, -0.2) is 4.98 Å². The number of ether oxygens (including phenoxy) is 1. The van der Waals surface area contributed by atoms with Crippen molar-refractivity contribution >= 4 is 5.95 Å². The monoisotopic (exact) mass is 237 g/mol.